The Morgan fingerprint density at radius 1 is 0.684 bits per heavy atom. The largest absolute Gasteiger partial charge is 0.489 e. The van der Waals surface area contributed by atoms with Crippen molar-refractivity contribution in [1.29, 1.82) is 0 Å². The number of para-hydroxylation sites is 1. The van der Waals surface area contributed by atoms with Gasteiger partial charge in [0.15, 0.2) is 0 Å². The van der Waals surface area contributed by atoms with E-state index in [1.165, 1.54) is 16.5 Å². The average Bonchev–Trinajstić information content (AvgIpc) is 4.08. The van der Waals surface area contributed by atoms with Gasteiger partial charge in [-0.05, 0) is 104 Å². The number of aryl methyl sites for hydroxylation is 1. The zero-order chi connectivity index (χ0) is 56.5. The maximum atomic E-state index is 15.3. The highest BCUT2D eigenvalue weighted by atomic mass is 16.5. The molecule has 15 heteroatoms. The molecule has 2 aliphatic rings. The predicted octanol–water partition coefficient (Wildman–Crippen LogP) is 7.77. The Bertz CT molecular complexity index is 2890. The number of H-pyrrole nitrogens is 1. The van der Waals surface area contributed by atoms with Crippen molar-refractivity contribution in [3.8, 4) is 5.75 Å². The molecule has 0 radical (unpaired) electrons. The van der Waals surface area contributed by atoms with Crippen molar-refractivity contribution in [3.05, 3.63) is 210 Å². The molecule has 6 atom stereocenters. The van der Waals surface area contributed by atoms with Crippen molar-refractivity contribution in [2.24, 2.45) is 17.4 Å². The summed E-state index contributed by atoms with van der Waals surface area (Å²) >= 11 is 0. The Kier molecular flexibility index (Phi) is 23.8. The first-order valence-electron chi connectivity index (χ1n) is 27.7. The second-order valence-corrected chi connectivity index (χ2v) is 19.9. The van der Waals surface area contributed by atoms with Gasteiger partial charge < -0.3 is 58.0 Å². The maximum absolute atomic E-state index is 15.3. The van der Waals surface area contributed by atoms with Gasteiger partial charge >= 0.3 is 0 Å². The number of benzene rings is 5. The highest BCUT2D eigenvalue weighted by Gasteiger charge is 2.43. The fourth-order valence-corrected chi connectivity index (χ4v) is 9.81. The number of rotatable bonds is 17. The van der Waals surface area contributed by atoms with E-state index < -0.39 is 42.0 Å². The molecule has 11 N–H and O–H groups in total. The number of aromatic nitrogens is 1. The summed E-state index contributed by atoms with van der Waals surface area (Å²) in [6.45, 7) is 20.9. The molecule has 1 aromatic heterocycles. The van der Waals surface area contributed by atoms with E-state index in [2.05, 4.69) is 81.7 Å². The number of hydrogen-bond donors (Lipinski definition) is 9. The van der Waals surface area contributed by atoms with E-state index in [1.807, 2.05) is 141 Å². The standard InChI is InChI=1S/C53H67N9O5.C9H9N.C2H6/c1-36(56-28-27-55)29-42-32-48-52(65)61-50(43-19-11-6-12-20-43)38(3)57-33-49(63)59-45(21-13-14-26-54)51(64)60-46(30-40-22-24-44(25-23-40)67-35-41-17-9-5-10-18-41)37(2)58-47(53(66)62(48)34-42)31-39-15-7-4-8-16-39;1-7-6-10-9-5-3-2-4-8(7)9;1-2/h4-12,15-20,22-25,42,45-48,50,56-58H,1-3,13-14,21,26-35,54-55H2,(H,59,63)(H,60,64)(H,61,65);2-6,10H,1H3;1-2H3/t42-,45?,46?,47?,48?,50?;;/m1../s1. The third kappa shape index (κ3) is 18.2. The lowest BCUT2D eigenvalue weighted by Gasteiger charge is -2.33. The second-order valence-electron chi connectivity index (χ2n) is 19.9. The summed E-state index contributed by atoms with van der Waals surface area (Å²) in [5.41, 5.74) is 19.2. The molecule has 2 aliphatic heterocycles. The first kappa shape index (κ1) is 60.1. The molecule has 15 nitrogen and oxygen atoms in total. The summed E-state index contributed by atoms with van der Waals surface area (Å²) in [7, 11) is 0. The Hall–Kier alpha value is -8.14. The molecule has 5 unspecified atom stereocenters. The summed E-state index contributed by atoms with van der Waals surface area (Å²) in [4.78, 5) is 63.1. The molecular weight excluding hydrogens is 989 g/mol. The van der Waals surface area contributed by atoms with Gasteiger partial charge in [0.05, 0.1) is 18.6 Å². The molecule has 2 saturated heterocycles. The minimum Gasteiger partial charge on any atom is -0.489 e. The lowest BCUT2D eigenvalue weighted by Crippen LogP contribution is -2.56. The number of allylic oxidation sites excluding steroid dienone is 1. The van der Waals surface area contributed by atoms with Crippen LogP contribution in [0.2, 0.25) is 0 Å². The van der Waals surface area contributed by atoms with E-state index >= 15 is 4.79 Å². The smallest absolute Gasteiger partial charge is 0.246 e. The molecule has 0 bridgehead atoms. The van der Waals surface area contributed by atoms with Gasteiger partial charge in [0, 0.05) is 60.2 Å². The number of hydrogen-bond acceptors (Lipinski definition) is 10. The average molecular weight is 1070 g/mol. The van der Waals surface area contributed by atoms with Crippen molar-refractivity contribution in [1.82, 2.24) is 41.8 Å². The van der Waals surface area contributed by atoms with Crippen LogP contribution in [0, 0.1) is 12.8 Å². The summed E-state index contributed by atoms with van der Waals surface area (Å²) in [6.07, 6.45) is 5.07. The van der Waals surface area contributed by atoms with E-state index in [0.29, 0.717) is 88.5 Å². The number of carbonyl (C=O) groups is 4. The number of aromatic amines is 1. The van der Waals surface area contributed by atoms with Gasteiger partial charge in [0.1, 0.15) is 30.5 Å². The summed E-state index contributed by atoms with van der Waals surface area (Å²) in [5, 5.41) is 20.5. The van der Waals surface area contributed by atoms with E-state index in [9.17, 15) is 14.4 Å². The molecule has 2 fully saturated rings. The topological polar surface area (TPSA) is 221 Å². The monoisotopic (exact) mass is 1070 g/mol. The minimum absolute atomic E-state index is 0.102. The number of amides is 4. The Morgan fingerprint density at radius 2 is 1.32 bits per heavy atom. The SMILES string of the molecule is C=C(C[C@@H]1CC2C(=O)NC(c3ccccc3)C(=C)NCC(=O)NC(CCCCN)C(=O)NC(Cc3ccc(OCc4ccccc4)cc3)C(=C)NC(Cc3ccccc3)C(=O)N2C1)NCCN.CC.Cc1c[nH]c2ccccc12. The molecular formula is C64H82N10O5. The van der Waals surface area contributed by atoms with Crippen LogP contribution in [-0.4, -0.2) is 90.4 Å². The molecule has 6 aromatic rings. The fourth-order valence-electron chi connectivity index (χ4n) is 9.81. The molecule has 5 aromatic carbocycles. The van der Waals surface area contributed by atoms with Crippen molar-refractivity contribution >= 4 is 34.5 Å². The van der Waals surface area contributed by atoms with Crippen LogP contribution in [0.15, 0.2) is 183 Å². The fraction of sp³-hybridized carbons (Fsp3) is 0.344. The Morgan fingerprint density at radius 3 is 1.99 bits per heavy atom. The molecule has 0 saturated carbocycles. The van der Waals surface area contributed by atoms with Gasteiger partial charge in [-0.1, -0.05) is 155 Å². The van der Waals surface area contributed by atoms with Gasteiger partial charge in [0.2, 0.25) is 23.6 Å². The van der Waals surface area contributed by atoms with Gasteiger partial charge in [-0.2, -0.15) is 0 Å². The van der Waals surface area contributed by atoms with E-state index in [0.717, 1.165) is 28.0 Å². The normalized spacial score (nSPS) is 20.0. The van der Waals surface area contributed by atoms with Crippen LogP contribution in [0.3, 0.4) is 0 Å². The highest BCUT2D eigenvalue weighted by molar-refractivity contribution is 5.92. The number of carbonyl (C=O) groups excluding carboxylic acids is 4. The van der Waals surface area contributed by atoms with Crippen molar-refractivity contribution in [3.63, 3.8) is 0 Å². The van der Waals surface area contributed by atoms with Crippen LogP contribution in [-0.2, 0) is 38.6 Å². The van der Waals surface area contributed by atoms with E-state index in [-0.39, 0.29) is 30.7 Å². The van der Waals surface area contributed by atoms with Gasteiger partial charge in [-0.3, -0.25) is 19.2 Å². The molecule has 79 heavy (non-hydrogen) atoms. The highest BCUT2D eigenvalue weighted by Crippen LogP contribution is 2.31. The minimum atomic E-state index is -0.917. The van der Waals surface area contributed by atoms with Crippen molar-refractivity contribution in [2.75, 3.05) is 32.7 Å². The molecule has 4 amide bonds. The quantitative estimate of drug-likeness (QED) is 0.0404. The van der Waals surface area contributed by atoms with Crippen LogP contribution in [0.25, 0.3) is 10.9 Å². The van der Waals surface area contributed by atoms with E-state index in [4.69, 9.17) is 16.2 Å². The number of nitrogens with two attached hydrogens (primary N) is 2. The molecule has 418 valence electrons. The third-order valence-electron chi connectivity index (χ3n) is 14.0. The number of nitrogens with zero attached hydrogens (tertiary/aromatic N) is 1. The molecule has 3 heterocycles. The zero-order valence-electron chi connectivity index (χ0n) is 46.3. The summed E-state index contributed by atoms with van der Waals surface area (Å²) in [6, 6.07) is 40.6. The van der Waals surface area contributed by atoms with E-state index in [1.54, 1.807) is 4.90 Å². The van der Waals surface area contributed by atoms with Crippen molar-refractivity contribution in [2.45, 2.75) is 103 Å². The van der Waals surface area contributed by atoms with Crippen LogP contribution >= 0.6 is 0 Å². The lowest BCUT2D eigenvalue weighted by atomic mass is 9.98. The maximum Gasteiger partial charge on any atom is 0.246 e. The Labute approximate surface area is 467 Å². The lowest BCUT2D eigenvalue weighted by molar-refractivity contribution is -0.140. The number of unbranched alkanes of at least 4 members (excludes halogenated alkanes) is 1. The summed E-state index contributed by atoms with van der Waals surface area (Å²) in [5.74, 6) is -0.920. The summed E-state index contributed by atoms with van der Waals surface area (Å²) < 4.78 is 6.06. The third-order valence-corrected chi connectivity index (χ3v) is 14.0. The number of ether oxygens (including phenoxy) is 1. The van der Waals surface area contributed by atoms with Gasteiger partial charge in [-0.15, -0.1) is 0 Å². The van der Waals surface area contributed by atoms with Gasteiger partial charge in [0.25, 0.3) is 0 Å². The first-order valence-corrected chi connectivity index (χ1v) is 27.7. The van der Waals surface area contributed by atoms with Crippen molar-refractivity contribution < 1.29 is 23.9 Å². The molecule has 8 rings (SSSR count). The van der Waals surface area contributed by atoms with Gasteiger partial charge in [-0.25, -0.2) is 0 Å². The second kappa shape index (κ2) is 31.3. The predicted molar refractivity (Wildman–Crippen MR) is 317 cm³/mol. The Balaban J connectivity index is 0.000000741. The van der Waals surface area contributed by atoms with Crippen LogP contribution in [0.4, 0.5) is 0 Å². The van der Waals surface area contributed by atoms with Crippen LogP contribution in [0.1, 0.15) is 79.8 Å². The van der Waals surface area contributed by atoms with Crippen LogP contribution in [0.5, 0.6) is 5.75 Å². The molecule has 0 aliphatic carbocycles. The number of nitrogens with one attached hydrogen (secondary N) is 7. The molecule has 0 spiro atoms. The first-order chi connectivity index (χ1) is 38.4. The van der Waals surface area contributed by atoms with Crippen LogP contribution < -0.4 is 48.1 Å². The number of fused-ring (bicyclic) bond motifs is 2. The zero-order valence-corrected chi connectivity index (χ0v) is 46.3.